The van der Waals surface area contributed by atoms with E-state index in [-0.39, 0.29) is 11.7 Å². The molecule has 2 heterocycles. The molecule has 0 atom stereocenters. The molecule has 1 aliphatic carbocycles. The number of amides is 1. The summed E-state index contributed by atoms with van der Waals surface area (Å²) in [6.07, 6.45) is 7.12. The van der Waals surface area contributed by atoms with Crippen molar-refractivity contribution in [3.8, 4) is 0 Å². The Hall–Kier alpha value is -1.73. The highest BCUT2D eigenvalue weighted by atomic mass is 32.1. The summed E-state index contributed by atoms with van der Waals surface area (Å²) in [7, 11) is 0. The first kappa shape index (κ1) is 16.1. The molecule has 124 valence electrons. The van der Waals surface area contributed by atoms with Gasteiger partial charge in [0.1, 0.15) is 17.4 Å². The number of rotatable bonds is 6. The molecule has 23 heavy (non-hydrogen) atoms. The Bertz CT molecular complexity index is 647. The number of aromatic nitrogens is 2. The maximum absolute atomic E-state index is 12.1. The van der Waals surface area contributed by atoms with Crippen LogP contribution >= 0.6 is 11.3 Å². The molecule has 0 aromatic carbocycles. The normalized spacial score (nSPS) is 15.7. The molecule has 0 radical (unpaired) electrons. The van der Waals surface area contributed by atoms with Crippen LogP contribution in [0.3, 0.4) is 0 Å². The van der Waals surface area contributed by atoms with Crippen LogP contribution in [0.5, 0.6) is 0 Å². The number of anilines is 1. The summed E-state index contributed by atoms with van der Waals surface area (Å²) in [4.78, 5) is 12.1. The van der Waals surface area contributed by atoms with Crippen LogP contribution in [-0.2, 0) is 17.8 Å². The van der Waals surface area contributed by atoms with Gasteiger partial charge < -0.3 is 9.15 Å². The van der Waals surface area contributed by atoms with Gasteiger partial charge >= 0.3 is 0 Å². The van der Waals surface area contributed by atoms with Crippen molar-refractivity contribution in [2.75, 3.05) is 5.32 Å². The molecule has 1 aliphatic rings. The van der Waals surface area contributed by atoms with E-state index in [1.807, 2.05) is 6.92 Å². The number of aryl methyl sites for hydroxylation is 1. The summed E-state index contributed by atoms with van der Waals surface area (Å²) >= 11 is 1.37. The van der Waals surface area contributed by atoms with Gasteiger partial charge in [0.15, 0.2) is 5.76 Å². The van der Waals surface area contributed by atoms with Crippen molar-refractivity contribution in [2.24, 2.45) is 0 Å². The predicted molar refractivity (Wildman–Crippen MR) is 87.6 cm³/mol. The molecule has 0 saturated heterocycles. The molecule has 2 aromatic rings. The van der Waals surface area contributed by atoms with Crippen molar-refractivity contribution in [1.29, 1.82) is 0 Å². The molecule has 0 unspecified atom stereocenters. The van der Waals surface area contributed by atoms with E-state index in [9.17, 15) is 4.79 Å². The summed E-state index contributed by atoms with van der Waals surface area (Å²) in [5.41, 5.74) is 0. The Morgan fingerprint density at radius 3 is 2.91 bits per heavy atom. The Kier molecular flexibility index (Phi) is 5.40. The van der Waals surface area contributed by atoms with E-state index >= 15 is 0 Å². The van der Waals surface area contributed by atoms with Gasteiger partial charge in [-0.15, -0.1) is 10.2 Å². The van der Waals surface area contributed by atoms with Gasteiger partial charge in [-0.2, -0.15) is 0 Å². The van der Waals surface area contributed by atoms with Crippen LogP contribution in [0, 0.1) is 0 Å². The van der Waals surface area contributed by atoms with Crippen LogP contribution in [0.1, 0.15) is 60.4 Å². The maximum atomic E-state index is 12.1. The number of nitrogens with zero attached hydrogens (tertiary/aromatic N) is 2. The van der Waals surface area contributed by atoms with Gasteiger partial charge in [0.05, 0.1) is 6.10 Å². The molecule has 7 heteroatoms. The summed E-state index contributed by atoms with van der Waals surface area (Å²) < 4.78 is 11.4. The van der Waals surface area contributed by atoms with Crippen molar-refractivity contribution < 1.29 is 13.9 Å². The Labute approximate surface area is 139 Å². The van der Waals surface area contributed by atoms with Crippen molar-refractivity contribution >= 4 is 22.4 Å². The van der Waals surface area contributed by atoms with E-state index in [1.54, 1.807) is 12.1 Å². The fraction of sp³-hybridized carbons (Fsp3) is 0.562. The Morgan fingerprint density at radius 2 is 2.17 bits per heavy atom. The Morgan fingerprint density at radius 1 is 1.35 bits per heavy atom. The third kappa shape index (κ3) is 4.39. The average Bonchev–Trinajstić information content (AvgIpc) is 3.23. The predicted octanol–water partition coefficient (Wildman–Crippen LogP) is 3.80. The zero-order chi connectivity index (χ0) is 16.1. The summed E-state index contributed by atoms with van der Waals surface area (Å²) in [5.74, 6) is 0.625. The van der Waals surface area contributed by atoms with Crippen LogP contribution in [0.4, 0.5) is 5.13 Å². The van der Waals surface area contributed by atoms with Gasteiger partial charge in [0.2, 0.25) is 5.13 Å². The van der Waals surface area contributed by atoms with Gasteiger partial charge in [-0.3, -0.25) is 10.1 Å². The smallest absolute Gasteiger partial charge is 0.293 e. The zero-order valence-electron chi connectivity index (χ0n) is 13.2. The van der Waals surface area contributed by atoms with Gasteiger partial charge in [-0.25, -0.2) is 0 Å². The van der Waals surface area contributed by atoms with E-state index in [0.29, 0.717) is 23.6 Å². The van der Waals surface area contributed by atoms with Crippen LogP contribution < -0.4 is 5.32 Å². The molecule has 2 aromatic heterocycles. The van der Waals surface area contributed by atoms with Crippen LogP contribution in [0.25, 0.3) is 0 Å². The fourth-order valence-electron chi connectivity index (χ4n) is 2.62. The standard InChI is InChI=1S/C16H21N3O3S/c1-2-14-18-19-16(23-14)17-15(20)13-9-8-12(22-13)10-21-11-6-4-3-5-7-11/h8-9,11H,2-7,10H2,1H3,(H,17,19,20). The molecule has 0 aliphatic heterocycles. The van der Waals surface area contributed by atoms with Crippen LogP contribution in [0.2, 0.25) is 0 Å². The van der Waals surface area contributed by atoms with Gasteiger partial charge in [0, 0.05) is 0 Å². The lowest BCUT2D eigenvalue weighted by atomic mass is 9.98. The lowest BCUT2D eigenvalue weighted by Crippen LogP contribution is -2.16. The van der Waals surface area contributed by atoms with E-state index in [4.69, 9.17) is 9.15 Å². The quantitative estimate of drug-likeness (QED) is 0.869. The van der Waals surface area contributed by atoms with Gasteiger partial charge in [-0.05, 0) is 31.4 Å². The second-order valence-corrected chi connectivity index (χ2v) is 6.71. The minimum Gasteiger partial charge on any atom is -0.453 e. The molecule has 1 saturated carbocycles. The summed E-state index contributed by atoms with van der Waals surface area (Å²) in [6.45, 7) is 2.41. The van der Waals surface area contributed by atoms with Crippen molar-refractivity contribution in [3.63, 3.8) is 0 Å². The van der Waals surface area contributed by atoms with Crippen LogP contribution in [-0.4, -0.2) is 22.2 Å². The topological polar surface area (TPSA) is 77.2 Å². The highest BCUT2D eigenvalue weighted by Gasteiger charge is 2.17. The number of ether oxygens (including phenoxy) is 1. The van der Waals surface area contributed by atoms with E-state index in [1.165, 1.54) is 30.6 Å². The molecular weight excluding hydrogens is 314 g/mol. The summed E-state index contributed by atoms with van der Waals surface area (Å²) in [5, 5.41) is 12.0. The molecule has 1 fully saturated rings. The average molecular weight is 335 g/mol. The number of hydrogen-bond acceptors (Lipinski definition) is 6. The largest absolute Gasteiger partial charge is 0.453 e. The molecular formula is C16H21N3O3S. The van der Waals surface area contributed by atoms with Crippen LogP contribution in [0.15, 0.2) is 16.5 Å². The zero-order valence-corrected chi connectivity index (χ0v) is 14.0. The minimum atomic E-state index is -0.312. The number of furan rings is 1. The minimum absolute atomic E-state index is 0.264. The fourth-order valence-corrected chi connectivity index (χ4v) is 3.29. The molecule has 1 N–H and O–H groups in total. The second-order valence-electron chi connectivity index (χ2n) is 5.65. The lowest BCUT2D eigenvalue weighted by Gasteiger charge is -2.21. The third-order valence-electron chi connectivity index (χ3n) is 3.89. The third-order valence-corrected chi connectivity index (χ3v) is 4.87. The number of carbonyl (C=O) groups excluding carboxylic acids is 1. The SMILES string of the molecule is CCc1nnc(NC(=O)c2ccc(COC3CCCCC3)o2)s1. The molecule has 6 nitrogen and oxygen atoms in total. The highest BCUT2D eigenvalue weighted by Crippen LogP contribution is 2.22. The molecule has 0 spiro atoms. The van der Waals surface area contributed by atoms with Gasteiger partial charge in [-0.1, -0.05) is 37.5 Å². The number of hydrogen-bond donors (Lipinski definition) is 1. The highest BCUT2D eigenvalue weighted by molar-refractivity contribution is 7.15. The first-order chi connectivity index (χ1) is 11.2. The second kappa shape index (κ2) is 7.70. The summed E-state index contributed by atoms with van der Waals surface area (Å²) in [6, 6.07) is 3.45. The van der Waals surface area contributed by atoms with Gasteiger partial charge in [0.25, 0.3) is 5.91 Å². The van der Waals surface area contributed by atoms with E-state index in [2.05, 4.69) is 15.5 Å². The van der Waals surface area contributed by atoms with Crippen molar-refractivity contribution in [3.05, 3.63) is 28.7 Å². The monoisotopic (exact) mass is 335 g/mol. The first-order valence-corrected chi connectivity index (χ1v) is 8.90. The van der Waals surface area contributed by atoms with E-state index in [0.717, 1.165) is 24.3 Å². The van der Waals surface area contributed by atoms with Crippen molar-refractivity contribution in [2.45, 2.75) is 58.2 Å². The number of carbonyl (C=O) groups is 1. The molecule has 3 rings (SSSR count). The maximum Gasteiger partial charge on any atom is 0.293 e. The first-order valence-electron chi connectivity index (χ1n) is 8.08. The van der Waals surface area contributed by atoms with Crippen molar-refractivity contribution in [1.82, 2.24) is 10.2 Å². The van der Waals surface area contributed by atoms with E-state index < -0.39 is 0 Å². The molecule has 1 amide bonds. The number of nitrogens with one attached hydrogen (secondary N) is 1. The Balaban J connectivity index is 1.52. The lowest BCUT2D eigenvalue weighted by molar-refractivity contribution is 0.00849. The molecule has 0 bridgehead atoms.